The van der Waals surface area contributed by atoms with Crippen LogP contribution in [-0.2, 0) is 11.3 Å². The van der Waals surface area contributed by atoms with Gasteiger partial charge in [0, 0.05) is 13.6 Å². The van der Waals surface area contributed by atoms with Crippen LogP contribution in [0.2, 0.25) is 0 Å². The maximum absolute atomic E-state index is 13.2. The van der Waals surface area contributed by atoms with Crippen LogP contribution in [0.15, 0.2) is 42.5 Å². The Bertz CT molecular complexity index is 713. The Balaban J connectivity index is 1.99. The van der Waals surface area contributed by atoms with Crippen molar-refractivity contribution < 1.29 is 13.9 Å². The molecule has 0 spiro atoms. The lowest BCUT2D eigenvalue weighted by molar-refractivity contribution is -0.132. The number of likely N-dealkylation sites (N-methyl/N-ethyl adjacent to an activating group) is 1. The zero-order chi connectivity index (χ0) is 17.7. The Morgan fingerprint density at radius 3 is 2.62 bits per heavy atom. The number of amides is 1. The highest BCUT2D eigenvalue weighted by Gasteiger charge is 2.13. The van der Waals surface area contributed by atoms with E-state index in [1.165, 1.54) is 12.1 Å². The summed E-state index contributed by atoms with van der Waals surface area (Å²) in [4.78, 5) is 13.8. The number of hydrogen-bond donors (Lipinski definition) is 0. The normalized spacial score (nSPS) is 10.8. The summed E-state index contributed by atoms with van der Waals surface area (Å²) >= 11 is 0. The van der Waals surface area contributed by atoms with E-state index < -0.39 is 0 Å². The minimum atomic E-state index is -0.300. The highest BCUT2D eigenvalue weighted by Crippen LogP contribution is 2.27. The molecule has 0 aliphatic rings. The molecule has 4 heteroatoms. The van der Waals surface area contributed by atoms with Crippen molar-refractivity contribution in [2.24, 2.45) is 0 Å². The van der Waals surface area contributed by atoms with Gasteiger partial charge in [-0.3, -0.25) is 4.79 Å². The topological polar surface area (TPSA) is 29.5 Å². The summed E-state index contributed by atoms with van der Waals surface area (Å²) in [6, 6.07) is 12.3. The molecule has 2 aromatic carbocycles. The molecular formula is C20H24FNO2. The first kappa shape index (κ1) is 18.0. The molecule has 0 aromatic heterocycles. The molecule has 24 heavy (non-hydrogen) atoms. The first-order valence-corrected chi connectivity index (χ1v) is 8.08. The minimum Gasteiger partial charge on any atom is -0.483 e. The summed E-state index contributed by atoms with van der Waals surface area (Å²) in [5, 5.41) is 0. The van der Waals surface area contributed by atoms with Crippen LogP contribution in [0.4, 0.5) is 4.39 Å². The molecule has 3 nitrogen and oxygen atoms in total. The van der Waals surface area contributed by atoms with Crippen molar-refractivity contribution in [3.8, 4) is 5.75 Å². The standard InChI is InChI=1S/C20H24FNO2/c1-14(2)18-9-8-15(3)10-19(18)24-13-20(23)22(4)12-16-6-5-7-17(21)11-16/h5-11,14H,12-13H2,1-4H3. The molecule has 2 aromatic rings. The van der Waals surface area contributed by atoms with Crippen LogP contribution in [0.3, 0.4) is 0 Å². The quantitative estimate of drug-likeness (QED) is 0.791. The van der Waals surface area contributed by atoms with Gasteiger partial charge in [0.2, 0.25) is 0 Å². The van der Waals surface area contributed by atoms with E-state index in [9.17, 15) is 9.18 Å². The van der Waals surface area contributed by atoms with E-state index in [0.717, 1.165) is 22.4 Å². The predicted molar refractivity (Wildman–Crippen MR) is 93.6 cm³/mol. The summed E-state index contributed by atoms with van der Waals surface area (Å²) in [6.45, 7) is 6.50. The van der Waals surface area contributed by atoms with Crippen molar-refractivity contribution in [1.29, 1.82) is 0 Å². The maximum atomic E-state index is 13.2. The number of carbonyl (C=O) groups is 1. The van der Waals surface area contributed by atoms with Crippen LogP contribution < -0.4 is 4.74 Å². The van der Waals surface area contributed by atoms with Gasteiger partial charge in [0.05, 0.1) is 0 Å². The van der Waals surface area contributed by atoms with Crippen LogP contribution in [0.25, 0.3) is 0 Å². The van der Waals surface area contributed by atoms with Gasteiger partial charge in [-0.25, -0.2) is 4.39 Å². The lowest BCUT2D eigenvalue weighted by atomic mass is 10.0. The minimum absolute atomic E-state index is 0.0327. The van der Waals surface area contributed by atoms with Crippen LogP contribution in [-0.4, -0.2) is 24.5 Å². The lowest BCUT2D eigenvalue weighted by Gasteiger charge is -2.19. The van der Waals surface area contributed by atoms with E-state index >= 15 is 0 Å². The van der Waals surface area contributed by atoms with Gasteiger partial charge in [-0.1, -0.05) is 38.1 Å². The van der Waals surface area contributed by atoms with Gasteiger partial charge in [-0.05, 0) is 47.7 Å². The fraction of sp³-hybridized carbons (Fsp3) is 0.350. The van der Waals surface area contributed by atoms with Crippen molar-refractivity contribution in [2.75, 3.05) is 13.7 Å². The molecule has 0 fully saturated rings. The van der Waals surface area contributed by atoms with E-state index in [-0.39, 0.29) is 18.3 Å². The van der Waals surface area contributed by atoms with Gasteiger partial charge < -0.3 is 9.64 Å². The molecule has 1 amide bonds. The monoisotopic (exact) mass is 329 g/mol. The number of rotatable bonds is 6. The maximum Gasteiger partial charge on any atom is 0.260 e. The number of benzene rings is 2. The third-order valence-electron chi connectivity index (χ3n) is 3.88. The second kappa shape index (κ2) is 7.95. The van der Waals surface area contributed by atoms with Gasteiger partial charge in [0.1, 0.15) is 11.6 Å². The van der Waals surface area contributed by atoms with Crippen LogP contribution in [0.1, 0.15) is 36.5 Å². The summed E-state index contributed by atoms with van der Waals surface area (Å²) in [5.74, 6) is 0.625. The summed E-state index contributed by atoms with van der Waals surface area (Å²) in [7, 11) is 1.69. The summed E-state index contributed by atoms with van der Waals surface area (Å²) in [5.41, 5.74) is 2.93. The molecule has 0 bridgehead atoms. The second-order valence-corrected chi connectivity index (χ2v) is 6.36. The van der Waals surface area contributed by atoms with Gasteiger partial charge in [0.15, 0.2) is 6.61 Å². The number of nitrogens with zero attached hydrogens (tertiary/aromatic N) is 1. The van der Waals surface area contributed by atoms with Gasteiger partial charge in [-0.2, -0.15) is 0 Å². The van der Waals surface area contributed by atoms with Crippen LogP contribution >= 0.6 is 0 Å². The molecule has 0 atom stereocenters. The average Bonchev–Trinajstić information content (AvgIpc) is 2.52. The molecule has 0 unspecified atom stereocenters. The molecule has 2 rings (SSSR count). The van der Waals surface area contributed by atoms with E-state index in [4.69, 9.17) is 4.74 Å². The Labute approximate surface area is 143 Å². The predicted octanol–water partition coefficient (Wildman–Crippen LogP) is 4.29. The molecule has 0 aliphatic carbocycles. The highest BCUT2D eigenvalue weighted by atomic mass is 19.1. The van der Waals surface area contributed by atoms with Crippen molar-refractivity contribution in [1.82, 2.24) is 4.90 Å². The molecule has 128 valence electrons. The fourth-order valence-corrected chi connectivity index (χ4v) is 2.49. The Hall–Kier alpha value is -2.36. The number of ether oxygens (including phenoxy) is 1. The van der Waals surface area contributed by atoms with E-state index in [1.54, 1.807) is 24.1 Å². The third kappa shape index (κ3) is 4.82. The van der Waals surface area contributed by atoms with Crippen molar-refractivity contribution in [3.63, 3.8) is 0 Å². The SMILES string of the molecule is Cc1ccc(C(C)C)c(OCC(=O)N(C)Cc2cccc(F)c2)c1. The Morgan fingerprint density at radius 1 is 1.21 bits per heavy atom. The van der Waals surface area contributed by atoms with E-state index in [1.807, 2.05) is 25.1 Å². The Morgan fingerprint density at radius 2 is 1.96 bits per heavy atom. The first-order chi connectivity index (χ1) is 11.4. The van der Waals surface area contributed by atoms with Gasteiger partial charge in [-0.15, -0.1) is 0 Å². The second-order valence-electron chi connectivity index (χ2n) is 6.36. The molecule has 0 heterocycles. The molecule has 0 aliphatic heterocycles. The van der Waals surface area contributed by atoms with Crippen LogP contribution in [0.5, 0.6) is 5.75 Å². The molecule has 0 N–H and O–H groups in total. The van der Waals surface area contributed by atoms with Gasteiger partial charge in [0.25, 0.3) is 5.91 Å². The molecule has 0 radical (unpaired) electrons. The smallest absolute Gasteiger partial charge is 0.260 e. The average molecular weight is 329 g/mol. The summed E-state index contributed by atoms with van der Waals surface area (Å²) < 4.78 is 19.0. The zero-order valence-corrected chi connectivity index (χ0v) is 14.7. The van der Waals surface area contributed by atoms with Crippen molar-refractivity contribution in [2.45, 2.75) is 33.2 Å². The molecule has 0 saturated heterocycles. The van der Waals surface area contributed by atoms with E-state index in [0.29, 0.717) is 12.5 Å². The van der Waals surface area contributed by atoms with Crippen LogP contribution in [0, 0.1) is 12.7 Å². The molecular weight excluding hydrogens is 305 g/mol. The third-order valence-corrected chi connectivity index (χ3v) is 3.88. The Kier molecular flexibility index (Phi) is 5.96. The van der Waals surface area contributed by atoms with Crippen molar-refractivity contribution in [3.05, 3.63) is 65.0 Å². The fourth-order valence-electron chi connectivity index (χ4n) is 2.49. The number of hydrogen-bond acceptors (Lipinski definition) is 2. The number of aryl methyl sites for hydroxylation is 1. The highest BCUT2D eigenvalue weighted by molar-refractivity contribution is 5.77. The largest absolute Gasteiger partial charge is 0.483 e. The molecule has 0 saturated carbocycles. The van der Waals surface area contributed by atoms with E-state index in [2.05, 4.69) is 13.8 Å². The van der Waals surface area contributed by atoms with Crippen molar-refractivity contribution >= 4 is 5.91 Å². The van der Waals surface area contributed by atoms with Gasteiger partial charge >= 0.3 is 0 Å². The zero-order valence-electron chi connectivity index (χ0n) is 14.7. The summed E-state index contributed by atoms with van der Waals surface area (Å²) in [6.07, 6.45) is 0. The number of carbonyl (C=O) groups excluding carboxylic acids is 1. The first-order valence-electron chi connectivity index (χ1n) is 8.08. The lowest BCUT2D eigenvalue weighted by Crippen LogP contribution is -2.31. The number of halogens is 1.